The molecule has 0 saturated carbocycles. The summed E-state index contributed by atoms with van der Waals surface area (Å²) in [6.07, 6.45) is 7.96. The van der Waals surface area contributed by atoms with E-state index in [1.54, 1.807) is 20.2 Å². The minimum absolute atomic E-state index is 0.126. The second-order valence-electron chi connectivity index (χ2n) is 8.19. The van der Waals surface area contributed by atoms with Crippen LogP contribution in [0, 0.1) is 0 Å². The van der Waals surface area contributed by atoms with Gasteiger partial charge >= 0.3 is 0 Å². The van der Waals surface area contributed by atoms with Crippen LogP contribution in [0.5, 0.6) is 5.75 Å². The molecule has 1 amide bonds. The van der Waals surface area contributed by atoms with Crippen LogP contribution in [0.25, 0.3) is 10.9 Å². The molecular formula is C24H30N4O2. The van der Waals surface area contributed by atoms with Crippen molar-refractivity contribution in [2.45, 2.75) is 38.9 Å². The molecule has 0 radical (unpaired) electrons. The number of aryl methyl sites for hydroxylation is 1. The quantitative estimate of drug-likeness (QED) is 0.628. The van der Waals surface area contributed by atoms with Crippen molar-refractivity contribution in [2.24, 2.45) is 7.05 Å². The number of hydrogen-bond donors (Lipinski definition) is 0. The first-order chi connectivity index (χ1) is 14.5. The van der Waals surface area contributed by atoms with Crippen LogP contribution in [0.4, 0.5) is 0 Å². The van der Waals surface area contributed by atoms with E-state index in [0.29, 0.717) is 6.54 Å². The zero-order valence-corrected chi connectivity index (χ0v) is 18.0. The van der Waals surface area contributed by atoms with Crippen LogP contribution in [0.3, 0.4) is 0 Å². The highest BCUT2D eigenvalue weighted by Crippen LogP contribution is 2.28. The predicted octanol–water partition coefficient (Wildman–Crippen LogP) is 3.60. The van der Waals surface area contributed by atoms with Gasteiger partial charge in [0.1, 0.15) is 5.75 Å². The number of pyridine rings is 1. The van der Waals surface area contributed by atoms with Crippen LogP contribution in [-0.4, -0.2) is 51.5 Å². The van der Waals surface area contributed by atoms with E-state index in [9.17, 15) is 4.79 Å². The fraction of sp³-hybridized carbons (Fsp3) is 0.417. The third kappa shape index (κ3) is 4.33. The molecule has 1 saturated heterocycles. The van der Waals surface area contributed by atoms with Crippen molar-refractivity contribution >= 4 is 16.8 Å². The molecule has 1 aliphatic rings. The van der Waals surface area contributed by atoms with Crippen molar-refractivity contribution < 1.29 is 9.53 Å². The number of methoxy groups -OCH3 is 1. The number of amides is 1. The lowest BCUT2D eigenvalue weighted by Crippen LogP contribution is -2.49. The van der Waals surface area contributed by atoms with E-state index in [2.05, 4.69) is 39.8 Å². The van der Waals surface area contributed by atoms with Crippen LogP contribution >= 0.6 is 0 Å². The Balaban J connectivity index is 1.51. The Morgan fingerprint density at radius 1 is 1.33 bits per heavy atom. The Morgan fingerprint density at radius 2 is 2.20 bits per heavy atom. The molecule has 0 spiro atoms. The second-order valence-corrected chi connectivity index (χ2v) is 8.19. The molecular weight excluding hydrogens is 376 g/mol. The topological polar surface area (TPSA) is 50.6 Å². The highest BCUT2D eigenvalue weighted by molar-refractivity contribution is 5.85. The minimum Gasteiger partial charge on any atom is -0.497 e. The molecule has 3 heterocycles. The number of fused-ring (bicyclic) bond motifs is 1. The molecule has 1 aromatic carbocycles. The zero-order valence-electron chi connectivity index (χ0n) is 18.0. The molecule has 3 aromatic rings. The molecule has 0 aliphatic carbocycles. The van der Waals surface area contributed by atoms with Crippen LogP contribution in [0.15, 0.2) is 48.9 Å². The van der Waals surface area contributed by atoms with Gasteiger partial charge < -0.3 is 14.2 Å². The van der Waals surface area contributed by atoms with Gasteiger partial charge in [-0.25, -0.2) is 0 Å². The van der Waals surface area contributed by atoms with Gasteiger partial charge in [-0.1, -0.05) is 6.07 Å². The maximum Gasteiger partial charge on any atom is 0.220 e. The van der Waals surface area contributed by atoms with Crippen LogP contribution in [0.2, 0.25) is 0 Å². The van der Waals surface area contributed by atoms with E-state index in [4.69, 9.17) is 4.74 Å². The Labute approximate surface area is 178 Å². The standard InChI is InChI=1S/C24H30N4O2/c1-18(29)28(14-19-6-4-10-25-13-19)21-7-5-11-27(17-21)16-20-15-26(2)24-9-8-22(30-3)12-23(20)24/h4,6,8-10,12-13,15,21H,5,7,11,14,16-17H2,1-3H3. The Hall–Kier alpha value is -2.86. The molecule has 0 N–H and O–H groups in total. The maximum atomic E-state index is 12.4. The van der Waals surface area contributed by atoms with Crippen LogP contribution in [0.1, 0.15) is 30.9 Å². The third-order valence-electron chi connectivity index (χ3n) is 6.07. The van der Waals surface area contributed by atoms with Crippen LogP contribution in [-0.2, 0) is 24.9 Å². The molecule has 1 unspecified atom stereocenters. The van der Waals surface area contributed by atoms with Crippen molar-refractivity contribution in [3.8, 4) is 5.75 Å². The molecule has 1 fully saturated rings. The van der Waals surface area contributed by atoms with Gasteiger partial charge in [0.2, 0.25) is 5.91 Å². The summed E-state index contributed by atoms with van der Waals surface area (Å²) in [6.45, 7) is 5.11. The number of ether oxygens (including phenoxy) is 1. The summed E-state index contributed by atoms with van der Waals surface area (Å²) < 4.78 is 7.61. The van der Waals surface area contributed by atoms with Gasteiger partial charge in [0.25, 0.3) is 0 Å². The molecule has 1 aliphatic heterocycles. The fourth-order valence-corrected chi connectivity index (χ4v) is 4.56. The average molecular weight is 407 g/mol. The van der Waals surface area contributed by atoms with E-state index in [-0.39, 0.29) is 11.9 Å². The first kappa shape index (κ1) is 20.4. The second kappa shape index (κ2) is 8.88. The number of piperidine rings is 1. The molecule has 0 bridgehead atoms. The van der Waals surface area contributed by atoms with E-state index >= 15 is 0 Å². The Kier molecular flexibility index (Phi) is 6.04. The van der Waals surface area contributed by atoms with Crippen molar-refractivity contribution in [1.82, 2.24) is 19.4 Å². The van der Waals surface area contributed by atoms with E-state index in [1.165, 1.54) is 16.5 Å². The first-order valence-corrected chi connectivity index (χ1v) is 10.6. The van der Waals surface area contributed by atoms with Gasteiger partial charge in [-0.2, -0.15) is 0 Å². The lowest BCUT2D eigenvalue weighted by molar-refractivity contribution is -0.133. The highest BCUT2D eigenvalue weighted by atomic mass is 16.5. The monoisotopic (exact) mass is 406 g/mol. The first-order valence-electron chi connectivity index (χ1n) is 10.6. The third-order valence-corrected chi connectivity index (χ3v) is 6.07. The number of likely N-dealkylation sites (tertiary alicyclic amines) is 1. The molecule has 158 valence electrons. The van der Waals surface area contributed by atoms with Crippen molar-refractivity contribution in [3.05, 3.63) is 60.0 Å². The average Bonchev–Trinajstić information content (AvgIpc) is 3.07. The van der Waals surface area contributed by atoms with Gasteiger partial charge in [-0.15, -0.1) is 0 Å². The highest BCUT2D eigenvalue weighted by Gasteiger charge is 2.27. The molecule has 2 aromatic heterocycles. The fourth-order valence-electron chi connectivity index (χ4n) is 4.56. The van der Waals surface area contributed by atoms with Gasteiger partial charge in [0.15, 0.2) is 0 Å². The summed E-state index contributed by atoms with van der Waals surface area (Å²) in [6, 6.07) is 10.4. The predicted molar refractivity (Wildman–Crippen MR) is 118 cm³/mol. The van der Waals surface area contributed by atoms with E-state index in [0.717, 1.165) is 43.8 Å². The SMILES string of the molecule is COc1ccc2c(c1)c(CN1CCCC(N(Cc3cccnc3)C(C)=O)C1)cn2C. The number of carbonyl (C=O) groups excluding carboxylic acids is 1. The number of rotatable bonds is 6. The summed E-state index contributed by atoms with van der Waals surface area (Å²) in [5.74, 6) is 1.01. The number of aromatic nitrogens is 2. The molecule has 4 rings (SSSR count). The smallest absolute Gasteiger partial charge is 0.220 e. The lowest BCUT2D eigenvalue weighted by Gasteiger charge is -2.39. The summed E-state index contributed by atoms with van der Waals surface area (Å²) in [5.41, 5.74) is 3.58. The normalized spacial score (nSPS) is 17.2. The van der Waals surface area contributed by atoms with Gasteiger partial charge in [-0.3, -0.25) is 14.7 Å². The molecule has 1 atom stereocenters. The van der Waals surface area contributed by atoms with Gasteiger partial charge in [0.05, 0.1) is 7.11 Å². The summed E-state index contributed by atoms with van der Waals surface area (Å²) in [4.78, 5) is 21.1. The Morgan fingerprint density at radius 3 is 2.93 bits per heavy atom. The maximum absolute atomic E-state index is 12.4. The number of benzene rings is 1. The van der Waals surface area contributed by atoms with Crippen molar-refractivity contribution in [2.75, 3.05) is 20.2 Å². The summed E-state index contributed by atoms with van der Waals surface area (Å²) in [5, 5.41) is 1.23. The van der Waals surface area contributed by atoms with E-state index < -0.39 is 0 Å². The van der Waals surface area contributed by atoms with Gasteiger partial charge in [-0.05, 0) is 54.8 Å². The molecule has 6 heteroatoms. The summed E-state index contributed by atoms with van der Waals surface area (Å²) in [7, 11) is 3.79. The van der Waals surface area contributed by atoms with Crippen LogP contribution < -0.4 is 4.74 Å². The van der Waals surface area contributed by atoms with Gasteiger partial charge in [0, 0.05) is 69.1 Å². The van der Waals surface area contributed by atoms with E-state index in [1.807, 2.05) is 29.3 Å². The zero-order chi connectivity index (χ0) is 21.1. The molecule has 30 heavy (non-hydrogen) atoms. The number of nitrogens with zero attached hydrogens (tertiary/aromatic N) is 4. The molecule has 6 nitrogen and oxygen atoms in total. The number of hydrogen-bond acceptors (Lipinski definition) is 4. The lowest BCUT2D eigenvalue weighted by atomic mass is 10.0. The largest absolute Gasteiger partial charge is 0.497 e. The number of carbonyl (C=O) groups is 1. The van der Waals surface area contributed by atoms with Crippen molar-refractivity contribution in [3.63, 3.8) is 0 Å². The Bertz CT molecular complexity index is 1010. The van der Waals surface area contributed by atoms with Crippen molar-refractivity contribution in [1.29, 1.82) is 0 Å². The minimum atomic E-state index is 0.126. The summed E-state index contributed by atoms with van der Waals surface area (Å²) >= 11 is 0.